The van der Waals surface area contributed by atoms with Crippen molar-refractivity contribution in [2.24, 2.45) is 0 Å². The summed E-state index contributed by atoms with van der Waals surface area (Å²) in [5.74, 6) is 0.364. The molecular weight excluding hydrogens is 446 g/mol. The molecular formula is C36H33N. The molecule has 2 atom stereocenters. The highest BCUT2D eigenvalue weighted by Crippen LogP contribution is 2.56. The molecule has 0 spiro atoms. The van der Waals surface area contributed by atoms with Crippen molar-refractivity contribution >= 4 is 0 Å². The van der Waals surface area contributed by atoms with Crippen molar-refractivity contribution in [1.82, 2.24) is 5.32 Å². The van der Waals surface area contributed by atoms with Gasteiger partial charge in [-0.2, -0.15) is 0 Å². The summed E-state index contributed by atoms with van der Waals surface area (Å²) in [7, 11) is 0. The van der Waals surface area contributed by atoms with Crippen LogP contribution in [0.25, 0.3) is 11.1 Å². The molecule has 2 unspecified atom stereocenters. The van der Waals surface area contributed by atoms with Crippen LogP contribution in [0.1, 0.15) is 53.1 Å². The number of hydrogen-bond acceptors (Lipinski definition) is 1. The minimum atomic E-state index is -0.342. The predicted octanol–water partition coefficient (Wildman–Crippen LogP) is 8.33. The summed E-state index contributed by atoms with van der Waals surface area (Å²) in [4.78, 5) is 0. The van der Waals surface area contributed by atoms with Crippen LogP contribution in [0, 0.1) is 0 Å². The van der Waals surface area contributed by atoms with Gasteiger partial charge in [0.2, 0.25) is 0 Å². The normalized spacial score (nSPS) is 15.0. The molecule has 182 valence electrons. The second-order valence-corrected chi connectivity index (χ2v) is 10.3. The van der Waals surface area contributed by atoms with Crippen LogP contribution in [0.5, 0.6) is 0 Å². The molecule has 0 saturated carbocycles. The van der Waals surface area contributed by atoms with E-state index in [1.807, 2.05) is 0 Å². The predicted molar refractivity (Wildman–Crippen MR) is 155 cm³/mol. The van der Waals surface area contributed by atoms with Gasteiger partial charge in [-0.25, -0.2) is 0 Å². The molecule has 5 aromatic carbocycles. The maximum Gasteiger partial charge on any atom is 0.0713 e. The highest BCUT2D eigenvalue weighted by Gasteiger charge is 2.45. The third kappa shape index (κ3) is 4.00. The summed E-state index contributed by atoms with van der Waals surface area (Å²) < 4.78 is 0. The topological polar surface area (TPSA) is 12.0 Å². The summed E-state index contributed by atoms with van der Waals surface area (Å²) >= 11 is 0. The van der Waals surface area contributed by atoms with Gasteiger partial charge in [-0.15, -0.1) is 0 Å². The van der Waals surface area contributed by atoms with Crippen molar-refractivity contribution in [2.75, 3.05) is 0 Å². The quantitative estimate of drug-likeness (QED) is 0.243. The molecule has 0 fully saturated rings. The molecule has 1 nitrogen and oxygen atoms in total. The first kappa shape index (κ1) is 23.5. The fourth-order valence-electron chi connectivity index (χ4n) is 6.11. The summed E-state index contributed by atoms with van der Waals surface area (Å²) in [6, 6.07) is 49.2. The van der Waals surface area contributed by atoms with E-state index in [9.17, 15) is 0 Å². The van der Waals surface area contributed by atoms with E-state index >= 15 is 0 Å². The van der Waals surface area contributed by atoms with Gasteiger partial charge in [0.1, 0.15) is 0 Å². The molecule has 0 amide bonds. The van der Waals surface area contributed by atoms with Crippen LogP contribution >= 0.6 is 0 Å². The molecule has 37 heavy (non-hydrogen) atoms. The molecule has 0 aromatic heterocycles. The van der Waals surface area contributed by atoms with Gasteiger partial charge in [0, 0.05) is 12.6 Å². The number of rotatable bonds is 7. The molecule has 0 aliphatic heterocycles. The second-order valence-electron chi connectivity index (χ2n) is 10.3. The molecule has 1 N–H and O–H groups in total. The zero-order valence-corrected chi connectivity index (χ0v) is 21.6. The van der Waals surface area contributed by atoms with E-state index in [1.54, 1.807) is 0 Å². The summed E-state index contributed by atoms with van der Waals surface area (Å²) in [5.41, 5.74) is 10.4. The maximum absolute atomic E-state index is 3.76. The van der Waals surface area contributed by atoms with Crippen LogP contribution in [0.4, 0.5) is 0 Å². The van der Waals surface area contributed by atoms with E-state index < -0.39 is 0 Å². The first-order chi connectivity index (χ1) is 18.2. The maximum atomic E-state index is 3.76. The Bertz CT molecular complexity index is 1460. The van der Waals surface area contributed by atoms with Gasteiger partial charge in [-0.3, -0.25) is 0 Å². The van der Waals surface area contributed by atoms with Crippen molar-refractivity contribution in [3.63, 3.8) is 0 Å². The third-order valence-corrected chi connectivity index (χ3v) is 8.23. The molecule has 0 radical (unpaired) electrons. The first-order valence-electron chi connectivity index (χ1n) is 13.3. The minimum Gasteiger partial charge on any atom is -0.310 e. The van der Waals surface area contributed by atoms with Crippen LogP contribution in [0.3, 0.4) is 0 Å². The number of nitrogens with one attached hydrogen (secondary N) is 1. The molecule has 6 rings (SSSR count). The lowest BCUT2D eigenvalue weighted by Crippen LogP contribution is -2.31. The summed E-state index contributed by atoms with van der Waals surface area (Å²) in [6.45, 7) is 5.52. The van der Waals surface area contributed by atoms with E-state index in [4.69, 9.17) is 0 Å². The largest absolute Gasteiger partial charge is 0.310 e. The first-order valence-corrected chi connectivity index (χ1v) is 13.3. The highest BCUT2D eigenvalue weighted by molar-refractivity contribution is 5.86. The second kappa shape index (κ2) is 9.84. The highest BCUT2D eigenvalue weighted by atomic mass is 14.9. The monoisotopic (exact) mass is 479 g/mol. The van der Waals surface area contributed by atoms with E-state index in [1.165, 1.54) is 44.5 Å². The Morgan fingerprint density at radius 3 is 1.76 bits per heavy atom. The van der Waals surface area contributed by atoms with Gasteiger partial charge in [-0.05, 0) is 57.3 Å². The molecule has 0 heterocycles. The Labute approximate surface area is 220 Å². The van der Waals surface area contributed by atoms with E-state index in [-0.39, 0.29) is 5.41 Å². The van der Waals surface area contributed by atoms with Crippen molar-refractivity contribution in [1.29, 1.82) is 0 Å². The zero-order valence-electron chi connectivity index (χ0n) is 21.6. The van der Waals surface area contributed by atoms with Gasteiger partial charge in [0.25, 0.3) is 0 Å². The standard InChI is InChI=1S/C36H33N/c1-26(27(2)37-25-28-14-5-3-6-15-28)29-16-13-19-31(24-29)36(30-17-7-4-8-18-30)34-22-11-9-20-32(34)33-21-10-12-23-35(33)36/h3-24,26-27,37H,25H2,1-2H3. The Balaban J connectivity index is 1.45. The van der Waals surface area contributed by atoms with Crippen LogP contribution in [0.15, 0.2) is 133 Å². The Hall–Kier alpha value is -3.94. The number of hydrogen-bond donors (Lipinski definition) is 1. The lowest BCUT2D eigenvalue weighted by atomic mass is 9.67. The smallest absolute Gasteiger partial charge is 0.0713 e. The SMILES string of the molecule is CC(NCc1ccccc1)C(C)c1cccc(C2(c3ccccc3)c3ccccc3-c3ccccc32)c1. The van der Waals surface area contributed by atoms with Gasteiger partial charge in [0.05, 0.1) is 5.41 Å². The average Bonchev–Trinajstić information content (AvgIpc) is 3.28. The molecule has 1 heteroatoms. The van der Waals surface area contributed by atoms with Gasteiger partial charge < -0.3 is 5.32 Å². The van der Waals surface area contributed by atoms with Crippen molar-refractivity contribution < 1.29 is 0 Å². The van der Waals surface area contributed by atoms with Crippen molar-refractivity contribution in [2.45, 2.75) is 37.8 Å². The third-order valence-electron chi connectivity index (χ3n) is 8.23. The van der Waals surface area contributed by atoms with Gasteiger partial charge in [0.15, 0.2) is 0 Å². The molecule has 1 aliphatic rings. The Kier molecular flexibility index (Phi) is 6.24. The average molecular weight is 480 g/mol. The van der Waals surface area contributed by atoms with E-state index in [0.717, 1.165) is 6.54 Å². The van der Waals surface area contributed by atoms with Crippen molar-refractivity contribution in [3.8, 4) is 11.1 Å². The van der Waals surface area contributed by atoms with Gasteiger partial charge in [-0.1, -0.05) is 140 Å². The van der Waals surface area contributed by atoms with Crippen molar-refractivity contribution in [3.05, 3.63) is 167 Å². The van der Waals surface area contributed by atoms with Crippen LogP contribution in [0.2, 0.25) is 0 Å². The molecule has 5 aromatic rings. The lowest BCUT2D eigenvalue weighted by Gasteiger charge is -2.34. The minimum absolute atomic E-state index is 0.339. The van der Waals surface area contributed by atoms with Gasteiger partial charge >= 0.3 is 0 Å². The summed E-state index contributed by atoms with van der Waals surface area (Å²) in [6.07, 6.45) is 0. The summed E-state index contributed by atoms with van der Waals surface area (Å²) in [5, 5.41) is 3.76. The fraction of sp³-hybridized carbons (Fsp3) is 0.167. The molecule has 1 aliphatic carbocycles. The zero-order chi connectivity index (χ0) is 25.2. The lowest BCUT2D eigenvalue weighted by molar-refractivity contribution is 0.480. The molecule has 0 bridgehead atoms. The van der Waals surface area contributed by atoms with Crippen LogP contribution in [-0.2, 0) is 12.0 Å². The Morgan fingerprint density at radius 1 is 0.568 bits per heavy atom. The molecule has 0 saturated heterocycles. The van der Waals surface area contributed by atoms with E-state index in [0.29, 0.717) is 12.0 Å². The number of benzene rings is 5. The van der Waals surface area contributed by atoms with Crippen LogP contribution < -0.4 is 5.32 Å². The van der Waals surface area contributed by atoms with E-state index in [2.05, 4.69) is 153 Å². The number of fused-ring (bicyclic) bond motifs is 3. The fourth-order valence-corrected chi connectivity index (χ4v) is 6.11. The van der Waals surface area contributed by atoms with Crippen LogP contribution in [-0.4, -0.2) is 6.04 Å². The Morgan fingerprint density at radius 2 is 1.11 bits per heavy atom.